The maximum Gasteiger partial charge on any atom is 0.289 e. The molecule has 3 heterocycles. The number of rotatable bonds is 4. The van der Waals surface area contributed by atoms with E-state index in [9.17, 15) is 14.9 Å². The van der Waals surface area contributed by atoms with Crippen LogP contribution in [0.3, 0.4) is 0 Å². The fourth-order valence-corrected chi connectivity index (χ4v) is 3.13. The summed E-state index contributed by atoms with van der Waals surface area (Å²) in [5, 5.41) is 18.7. The summed E-state index contributed by atoms with van der Waals surface area (Å²) in [6.45, 7) is 2.25. The van der Waals surface area contributed by atoms with Crippen molar-refractivity contribution in [2.24, 2.45) is 0 Å². The minimum Gasteiger partial charge on any atom is -0.459 e. The van der Waals surface area contributed by atoms with Crippen molar-refractivity contribution in [1.29, 1.82) is 0 Å². The molecule has 1 aliphatic rings. The average Bonchev–Trinajstić information content (AvgIpc) is 3.41. The molecule has 0 bridgehead atoms. The van der Waals surface area contributed by atoms with Gasteiger partial charge in [0.05, 0.1) is 22.6 Å². The highest BCUT2D eigenvalue weighted by atomic mass is 16.6. The van der Waals surface area contributed by atoms with E-state index in [2.05, 4.69) is 15.1 Å². The zero-order valence-electron chi connectivity index (χ0n) is 14.3. The van der Waals surface area contributed by atoms with Crippen LogP contribution in [0.5, 0.6) is 0 Å². The Hall–Kier alpha value is -3.69. The van der Waals surface area contributed by atoms with Crippen LogP contribution < -0.4 is 4.90 Å². The summed E-state index contributed by atoms with van der Waals surface area (Å²) < 4.78 is 6.82. The van der Waals surface area contributed by atoms with Crippen molar-refractivity contribution in [3.8, 4) is 5.69 Å². The molecular formula is C17H16N6O4. The van der Waals surface area contributed by atoms with Crippen molar-refractivity contribution >= 4 is 17.3 Å². The Morgan fingerprint density at radius 2 is 1.81 bits per heavy atom. The lowest BCUT2D eigenvalue weighted by Crippen LogP contribution is -2.49. The first-order chi connectivity index (χ1) is 13.1. The van der Waals surface area contributed by atoms with Gasteiger partial charge in [0.25, 0.3) is 11.6 Å². The Bertz CT molecular complexity index is 946. The van der Waals surface area contributed by atoms with Gasteiger partial charge in [-0.15, -0.1) is 10.2 Å². The summed E-state index contributed by atoms with van der Waals surface area (Å²) in [5.74, 6) is 0.186. The molecule has 1 amide bonds. The second-order valence-electron chi connectivity index (χ2n) is 6.06. The highest BCUT2D eigenvalue weighted by Crippen LogP contribution is 2.29. The summed E-state index contributed by atoms with van der Waals surface area (Å²) >= 11 is 0. The zero-order chi connectivity index (χ0) is 18.8. The largest absolute Gasteiger partial charge is 0.459 e. The van der Waals surface area contributed by atoms with Crippen LogP contribution in [0.1, 0.15) is 10.6 Å². The van der Waals surface area contributed by atoms with Crippen LogP contribution in [0.2, 0.25) is 0 Å². The van der Waals surface area contributed by atoms with E-state index in [0.29, 0.717) is 37.6 Å². The standard InChI is InChI=1S/C17H16N6O4/c24-17(16-2-1-9-27-16)21-7-5-20(6-8-21)14-4-3-13(23(25)26)10-15(14)22-11-18-19-12-22/h1-4,9-12H,5-8H2. The number of anilines is 1. The van der Waals surface area contributed by atoms with Gasteiger partial charge in [0, 0.05) is 38.3 Å². The van der Waals surface area contributed by atoms with Gasteiger partial charge in [-0.1, -0.05) is 0 Å². The quantitative estimate of drug-likeness (QED) is 0.509. The minimum atomic E-state index is -0.433. The third kappa shape index (κ3) is 3.24. The van der Waals surface area contributed by atoms with Gasteiger partial charge >= 0.3 is 0 Å². The molecule has 0 radical (unpaired) electrons. The van der Waals surface area contributed by atoms with E-state index in [0.717, 1.165) is 5.69 Å². The lowest BCUT2D eigenvalue weighted by Gasteiger charge is -2.36. The number of hydrogen-bond donors (Lipinski definition) is 0. The van der Waals surface area contributed by atoms with E-state index in [4.69, 9.17) is 4.42 Å². The van der Waals surface area contributed by atoms with Crippen LogP contribution in [0.25, 0.3) is 5.69 Å². The van der Waals surface area contributed by atoms with Crippen molar-refractivity contribution < 1.29 is 14.1 Å². The van der Waals surface area contributed by atoms with Crippen LogP contribution in [0.15, 0.2) is 53.7 Å². The fourth-order valence-electron chi connectivity index (χ4n) is 3.13. The molecule has 4 rings (SSSR count). The zero-order valence-corrected chi connectivity index (χ0v) is 14.3. The second-order valence-corrected chi connectivity index (χ2v) is 6.06. The number of nitro groups is 1. The number of carbonyl (C=O) groups excluding carboxylic acids is 1. The van der Waals surface area contributed by atoms with Gasteiger partial charge in [-0.05, 0) is 18.2 Å². The first kappa shape index (κ1) is 16.8. The summed E-state index contributed by atoms with van der Waals surface area (Å²) in [6, 6.07) is 8.03. The topological polar surface area (TPSA) is 111 Å². The Morgan fingerprint density at radius 1 is 1.07 bits per heavy atom. The van der Waals surface area contributed by atoms with E-state index in [-0.39, 0.29) is 11.6 Å². The number of hydrogen-bond acceptors (Lipinski definition) is 7. The Labute approximate surface area is 153 Å². The fraction of sp³-hybridized carbons (Fsp3) is 0.235. The predicted octanol–water partition coefficient (Wildman–Crippen LogP) is 1.73. The molecule has 1 aromatic carbocycles. The molecule has 10 heteroatoms. The Kier molecular flexibility index (Phi) is 4.29. The smallest absolute Gasteiger partial charge is 0.289 e. The van der Waals surface area contributed by atoms with Gasteiger partial charge in [-0.2, -0.15) is 0 Å². The van der Waals surface area contributed by atoms with Gasteiger partial charge < -0.3 is 14.2 Å². The molecular weight excluding hydrogens is 352 g/mol. The molecule has 138 valence electrons. The van der Waals surface area contributed by atoms with E-state index in [1.54, 1.807) is 27.7 Å². The average molecular weight is 368 g/mol. The van der Waals surface area contributed by atoms with Crippen molar-refractivity contribution in [3.05, 3.63) is 65.1 Å². The van der Waals surface area contributed by atoms with Crippen LogP contribution in [0, 0.1) is 10.1 Å². The van der Waals surface area contributed by atoms with E-state index in [1.807, 2.05) is 0 Å². The molecule has 27 heavy (non-hydrogen) atoms. The first-order valence-electron chi connectivity index (χ1n) is 8.34. The number of benzene rings is 1. The molecule has 0 aliphatic carbocycles. The molecule has 0 unspecified atom stereocenters. The molecule has 3 aromatic rings. The summed E-state index contributed by atoms with van der Waals surface area (Å²) in [5.41, 5.74) is 1.44. The number of nitrogens with zero attached hydrogens (tertiary/aromatic N) is 6. The first-order valence-corrected chi connectivity index (χ1v) is 8.34. The van der Waals surface area contributed by atoms with Crippen LogP contribution >= 0.6 is 0 Å². The number of amides is 1. The normalized spacial score (nSPS) is 14.4. The SMILES string of the molecule is O=C(c1ccco1)N1CCN(c2ccc([N+](=O)[O-])cc2-n2cnnc2)CC1. The lowest BCUT2D eigenvalue weighted by atomic mass is 10.2. The summed E-state index contributed by atoms with van der Waals surface area (Å²) in [6.07, 6.45) is 4.48. The Balaban J connectivity index is 1.56. The molecule has 2 aromatic heterocycles. The van der Waals surface area contributed by atoms with Crippen LogP contribution in [0.4, 0.5) is 11.4 Å². The molecule has 10 nitrogen and oxygen atoms in total. The number of aromatic nitrogens is 3. The maximum absolute atomic E-state index is 12.4. The minimum absolute atomic E-state index is 0.00548. The van der Waals surface area contributed by atoms with Gasteiger partial charge in [0.1, 0.15) is 12.7 Å². The lowest BCUT2D eigenvalue weighted by molar-refractivity contribution is -0.384. The number of carbonyl (C=O) groups is 1. The molecule has 1 fully saturated rings. The summed E-state index contributed by atoms with van der Waals surface area (Å²) in [4.78, 5) is 26.9. The number of furan rings is 1. The number of non-ortho nitro benzene ring substituents is 1. The highest BCUT2D eigenvalue weighted by molar-refractivity contribution is 5.91. The van der Waals surface area contributed by atoms with Crippen molar-refractivity contribution in [2.75, 3.05) is 31.1 Å². The van der Waals surface area contributed by atoms with E-state index >= 15 is 0 Å². The van der Waals surface area contributed by atoms with Crippen molar-refractivity contribution in [2.45, 2.75) is 0 Å². The van der Waals surface area contributed by atoms with E-state index in [1.165, 1.54) is 31.1 Å². The molecule has 0 saturated carbocycles. The third-order valence-corrected chi connectivity index (χ3v) is 4.51. The van der Waals surface area contributed by atoms with Crippen molar-refractivity contribution in [3.63, 3.8) is 0 Å². The monoisotopic (exact) mass is 368 g/mol. The molecule has 0 N–H and O–H groups in total. The van der Waals surface area contributed by atoms with Crippen molar-refractivity contribution in [1.82, 2.24) is 19.7 Å². The van der Waals surface area contributed by atoms with E-state index < -0.39 is 4.92 Å². The number of piperazine rings is 1. The number of nitro benzene ring substituents is 1. The van der Waals surface area contributed by atoms with Gasteiger partial charge in [0.2, 0.25) is 0 Å². The summed E-state index contributed by atoms with van der Waals surface area (Å²) in [7, 11) is 0. The van der Waals surface area contributed by atoms with Gasteiger partial charge in [0.15, 0.2) is 5.76 Å². The van der Waals surface area contributed by atoms with Gasteiger partial charge in [-0.3, -0.25) is 19.5 Å². The van der Waals surface area contributed by atoms with Crippen LogP contribution in [-0.2, 0) is 0 Å². The van der Waals surface area contributed by atoms with Gasteiger partial charge in [-0.25, -0.2) is 0 Å². The predicted molar refractivity (Wildman–Crippen MR) is 94.8 cm³/mol. The Morgan fingerprint density at radius 3 is 2.44 bits per heavy atom. The molecule has 0 atom stereocenters. The second kappa shape index (κ2) is 6.90. The molecule has 1 aliphatic heterocycles. The molecule has 0 spiro atoms. The third-order valence-electron chi connectivity index (χ3n) is 4.51. The molecule has 1 saturated heterocycles. The van der Waals surface area contributed by atoms with Crippen LogP contribution in [-0.4, -0.2) is 56.7 Å². The maximum atomic E-state index is 12.4. The highest BCUT2D eigenvalue weighted by Gasteiger charge is 2.26.